The van der Waals surface area contributed by atoms with Crippen molar-refractivity contribution in [1.82, 2.24) is 15.8 Å². The van der Waals surface area contributed by atoms with Gasteiger partial charge in [-0.2, -0.15) is 0 Å². The van der Waals surface area contributed by atoms with Gasteiger partial charge in [-0.25, -0.2) is 4.98 Å². The molecule has 5 rings (SSSR count). The molecule has 32 heavy (non-hydrogen) atoms. The summed E-state index contributed by atoms with van der Waals surface area (Å²) in [7, 11) is 1.41. The monoisotopic (exact) mass is 464 g/mol. The third-order valence-electron chi connectivity index (χ3n) is 7.33. The fourth-order valence-electron chi connectivity index (χ4n) is 5.15. The van der Waals surface area contributed by atoms with E-state index < -0.39 is 16.7 Å². The molecule has 3 saturated carbocycles. The second-order valence-corrected chi connectivity index (χ2v) is 9.43. The smallest absolute Gasteiger partial charge is 0.311 e. The van der Waals surface area contributed by atoms with Crippen LogP contribution >= 0.6 is 11.6 Å². The topological polar surface area (TPSA) is 119 Å². The Morgan fingerprint density at radius 2 is 1.69 bits per heavy atom. The van der Waals surface area contributed by atoms with Crippen LogP contribution in [-0.2, 0) is 19.1 Å². The molecule has 2 amide bonds. The highest BCUT2D eigenvalue weighted by Gasteiger charge is 2.56. The number of hydrogen-bond acceptors (Lipinski definition) is 7. The molecule has 3 aliphatic carbocycles. The van der Waals surface area contributed by atoms with Crippen molar-refractivity contribution in [3.05, 3.63) is 23.0 Å². The van der Waals surface area contributed by atoms with Crippen LogP contribution in [0.15, 0.2) is 12.3 Å². The van der Waals surface area contributed by atoms with E-state index in [0.29, 0.717) is 63.0 Å². The van der Waals surface area contributed by atoms with E-state index in [1.165, 1.54) is 13.3 Å². The standard InChI is InChI=1S/C22H29ClN4O5/c1-31-20(30)22-7-4-21(5-8-22,6-9-22)19(29)27-26-18(28)15-13-24-17(23)12-16(15)25-14-2-10-32-11-3-14/h12-14H,2-11H2,1H3,(H,24,25)(H,26,28)(H,27,29). The van der Waals surface area contributed by atoms with E-state index in [2.05, 4.69) is 21.2 Å². The van der Waals surface area contributed by atoms with Gasteiger partial charge in [-0.3, -0.25) is 25.2 Å². The maximum absolute atomic E-state index is 13.0. The summed E-state index contributed by atoms with van der Waals surface area (Å²) in [4.78, 5) is 42.1. The Hall–Kier alpha value is -2.39. The van der Waals surface area contributed by atoms with E-state index >= 15 is 0 Å². The summed E-state index contributed by atoms with van der Waals surface area (Å²) in [6.07, 6.45) is 6.73. The molecule has 1 saturated heterocycles. The SMILES string of the molecule is COC(=O)C12CCC(C(=O)NNC(=O)c3cnc(Cl)cc3NC3CCOCC3)(CC1)CC2. The highest BCUT2D eigenvalue weighted by Crippen LogP contribution is 2.57. The van der Waals surface area contributed by atoms with Gasteiger partial charge in [0, 0.05) is 25.5 Å². The molecular formula is C22H29ClN4O5. The number of hydrogen-bond donors (Lipinski definition) is 3. The average molecular weight is 465 g/mol. The second-order valence-electron chi connectivity index (χ2n) is 9.04. The number of halogens is 1. The summed E-state index contributed by atoms with van der Waals surface area (Å²) in [6.45, 7) is 1.32. The van der Waals surface area contributed by atoms with Crippen molar-refractivity contribution in [2.75, 3.05) is 25.6 Å². The van der Waals surface area contributed by atoms with Gasteiger partial charge in [0.1, 0.15) is 5.15 Å². The van der Waals surface area contributed by atoms with Crippen LogP contribution in [-0.4, -0.2) is 49.1 Å². The van der Waals surface area contributed by atoms with Gasteiger partial charge in [-0.15, -0.1) is 0 Å². The van der Waals surface area contributed by atoms with Crippen molar-refractivity contribution in [1.29, 1.82) is 0 Å². The summed E-state index contributed by atoms with van der Waals surface area (Å²) < 4.78 is 10.4. The summed E-state index contributed by atoms with van der Waals surface area (Å²) in [6, 6.07) is 1.78. The molecular weight excluding hydrogens is 436 g/mol. The first-order chi connectivity index (χ1) is 15.4. The number of nitrogens with one attached hydrogen (secondary N) is 3. The van der Waals surface area contributed by atoms with Crippen LogP contribution in [0.4, 0.5) is 5.69 Å². The normalized spacial score (nSPS) is 27.4. The molecule has 2 bridgehead atoms. The molecule has 1 aromatic rings. The molecule has 174 valence electrons. The van der Waals surface area contributed by atoms with Gasteiger partial charge in [0.25, 0.3) is 5.91 Å². The number of pyridine rings is 1. The minimum Gasteiger partial charge on any atom is -0.469 e. The number of aromatic nitrogens is 1. The lowest BCUT2D eigenvalue weighted by atomic mass is 9.53. The van der Waals surface area contributed by atoms with Crippen molar-refractivity contribution >= 4 is 35.1 Å². The van der Waals surface area contributed by atoms with Gasteiger partial charge in [0.05, 0.1) is 29.2 Å². The van der Waals surface area contributed by atoms with Gasteiger partial charge >= 0.3 is 5.97 Å². The summed E-state index contributed by atoms with van der Waals surface area (Å²) >= 11 is 6.04. The lowest BCUT2D eigenvalue weighted by Gasteiger charge is -2.50. The zero-order valence-corrected chi connectivity index (χ0v) is 18.9. The molecule has 0 unspecified atom stereocenters. The molecule has 3 N–H and O–H groups in total. The maximum atomic E-state index is 13.0. The third-order valence-corrected chi connectivity index (χ3v) is 7.54. The van der Waals surface area contributed by atoms with Crippen molar-refractivity contribution in [3.63, 3.8) is 0 Å². The minimum absolute atomic E-state index is 0.168. The molecule has 2 heterocycles. The van der Waals surface area contributed by atoms with Gasteiger partial charge < -0.3 is 14.8 Å². The van der Waals surface area contributed by atoms with Crippen molar-refractivity contribution in [2.45, 2.75) is 57.4 Å². The Kier molecular flexibility index (Phi) is 6.57. The first-order valence-corrected chi connectivity index (χ1v) is 11.4. The van der Waals surface area contributed by atoms with Crippen LogP contribution in [0.1, 0.15) is 61.7 Å². The second kappa shape index (κ2) is 9.23. The van der Waals surface area contributed by atoms with Crippen LogP contribution in [0.2, 0.25) is 5.15 Å². The lowest BCUT2D eigenvalue weighted by molar-refractivity contribution is -0.166. The van der Waals surface area contributed by atoms with Crippen molar-refractivity contribution in [3.8, 4) is 0 Å². The van der Waals surface area contributed by atoms with E-state index in [1.807, 2.05) is 0 Å². The Labute approximate surface area is 191 Å². The summed E-state index contributed by atoms with van der Waals surface area (Å²) in [5.41, 5.74) is 4.99. The zero-order valence-electron chi connectivity index (χ0n) is 18.2. The van der Waals surface area contributed by atoms with Crippen molar-refractivity contribution in [2.24, 2.45) is 10.8 Å². The van der Waals surface area contributed by atoms with Crippen molar-refractivity contribution < 1.29 is 23.9 Å². The number of amides is 2. The predicted octanol–water partition coefficient (Wildman–Crippen LogP) is 2.60. The zero-order chi connectivity index (χ0) is 22.8. The minimum atomic E-state index is -0.565. The number of nitrogens with zero attached hydrogens (tertiary/aromatic N) is 1. The van der Waals surface area contributed by atoms with Crippen LogP contribution < -0.4 is 16.2 Å². The molecule has 1 aromatic heterocycles. The van der Waals surface area contributed by atoms with Crippen LogP contribution in [0.5, 0.6) is 0 Å². The Morgan fingerprint density at radius 1 is 1.06 bits per heavy atom. The molecule has 0 atom stereocenters. The van der Waals surface area contributed by atoms with E-state index in [1.54, 1.807) is 6.07 Å². The lowest BCUT2D eigenvalue weighted by Crippen LogP contribution is -2.55. The molecule has 4 aliphatic rings. The molecule has 4 fully saturated rings. The molecule has 0 radical (unpaired) electrons. The molecule has 1 aliphatic heterocycles. The Bertz CT molecular complexity index is 878. The number of hydrazine groups is 1. The fraction of sp³-hybridized carbons (Fsp3) is 0.636. The first-order valence-electron chi connectivity index (χ1n) is 11.1. The largest absolute Gasteiger partial charge is 0.469 e. The molecule has 0 aromatic carbocycles. The number of fused-ring (bicyclic) bond motifs is 3. The maximum Gasteiger partial charge on any atom is 0.311 e. The highest BCUT2D eigenvalue weighted by molar-refractivity contribution is 6.29. The van der Waals surface area contributed by atoms with Gasteiger partial charge in [0.2, 0.25) is 5.91 Å². The van der Waals surface area contributed by atoms with E-state index in [-0.39, 0.29) is 23.1 Å². The summed E-state index contributed by atoms with van der Waals surface area (Å²) in [5, 5.41) is 3.62. The number of rotatable bonds is 5. The van der Waals surface area contributed by atoms with Crippen LogP contribution in [0, 0.1) is 10.8 Å². The van der Waals surface area contributed by atoms with E-state index in [4.69, 9.17) is 21.1 Å². The van der Waals surface area contributed by atoms with Crippen LogP contribution in [0.25, 0.3) is 0 Å². The van der Waals surface area contributed by atoms with E-state index in [9.17, 15) is 14.4 Å². The third kappa shape index (κ3) is 4.41. The number of ether oxygens (including phenoxy) is 2. The number of methoxy groups -OCH3 is 1. The number of esters is 1. The number of carbonyl (C=O) groups excluding carboxylic acids is 3. The molecule has 9 nitrogen and oxygen atoms in total. The number of carbonyl (C=O) groups is 3. The fourth-order valence-corrected chi connectivity index (χ4v) is 5.31. The van der Waals surface area contributed by atoms with Gasteiger partial charge in [-0.1, -0.05) is 11.6 Å². The van der Waals surface area contributed by atoms with Gasteiger partial charge in [0.15, 0.2) is 0 Å². The van der Waals surface area contributed by atoms with Gasteiger partial charge in [-0.05, 0) is 57.4 Å². The Morgan fingerprint density at radius 3 is 2.31 bits per heavy atom. The summed E-state index contributed by atoms with van der Waals surface area (Å²) in [5.74, 6) is -0.867. The average Bonchev–Trinajstić information content (AvgIpc) is 2.83. The quantitative estimate of drug-likeness (QED) is 0.348. The predicted molar refractivity (Wildman–Crippen MR) is 117 cm³/mol. The van der Waals surface area contributed by atoms with Crippen LogP contribution in [0.3, 0.4) is 0 Å². The first kappa shape index (κ1) is 22.8. The molecule has 10 heteroatoms. The number of anilines is 1. The molecule has 0 spiro atoms. The van der Waals surface area contributed by atoms with E-state index in [0.717, 1.165) is 12.8 Å². The highest BCUT2D eigenvalue weighted by atomic mass is 35.5. The Balaban J connectivity index is 1.38.